The molecular weight excluding hydrogens is 453 g/mol. The number of hydrogen-bond acceptors (Lipinski definition) is 3. The molecule has 1 fully saturated rings. The summed E-state index contributed by atoms with van der Waals surface area (Å²) < 4.78 is 11.3. The molecule has 0 bridgehead atoms. The lowest BCUT2D eigenvalue weighted by Crippen LogP contribution is -2.22. The zero-order valence-electron chi connectivity index (χ0n) is 15.7. The maximum atomic E-state index is 6.05. The predicted octanol–water partition coefficient (Wildman–Crippen LogP) is 4.95. The van der Waals surface area contributed by atoms with Crippen LogP contribution in [0, 0.1) is 0 Å². The van der Waals surface area contributed by atoms with Gasteiger partial charge in [0.15, 0.2) is 5.96 Å². The lowest BCUT2D eigenvalue weighted by atomic mass is 9.98. The van der Waals surface area contributed by atoms with Crippen molar-refractivity contribution in [2.75, 3.05) is 12.4 Å². The average molecular weight is 481 g/mol. The van der Waals surface area contributed by atoms with Crippen LogP contribution in [-0.2, 0) is 6.54 Å². The Bertz CT molecular complexity index is 728. The molecule has 2 aromatic rings. The molecule has 0 aromatic heterocycles. The third-order valence-electron chi connectivity index (χ3n) is 4.55. The van der Waals surface area contributed by atoms with Crippen molar-refractivity contribution in [3.8, 4) is 11.5 Å². The molecule has 0 unspecified atom stereocenters. The van der Waals surface area contributed by atoms with Gasteiger partial charge in [0.2, 0.25) is 0 Å². The molecule has 1 aliphatic carbocycles. The highest BCUT2D eigenvalue weighted by atomic mass is 127. The van der Waals surface area contributed by atoms with Crippen molar-refractivity contribution in [2.24, 2.45) is 10.7 Å². The Kier molecular flexibility index (Phi) is 8.71. The summed E-state index contributed by atoms with van der Waals surface area (Å²) in [6.07, 6.45) is 6.59. The van der Waals surface area contributed by atoms with Crippen molar-refractivity contribution in [3.63, 3.8) is 0 Å². The molecule has 0 saturated heterocycles. The van der Waals surface area contributed by atoms with Crippen LogP contribution in [0.4, 0.5) is 5.69 Å². The molecule has 0 amide bonds. The quantitative estimate of drug-likeness (QED) is 0.348. The van der Waals surface area contributed by atoms with Gasteiger partial charge in [0.1, 0.15) is 11.5 Å². The Morgan fingerprint density at radius 2 is 1.81 bits per heavy atom. The summed E-state index contributed by atoms with van der Waals surface area (Å²) in [4.78, 5) is 4.39. The Balaban J connectivity index is 0.00000261. The molecule has 146 valence electrons. The van der Waals surface area contributed by atoms with Crippen LogP contribution in [0.25, 0.3) is 0 Å². The summed E-state index contributed by atoms with van der Waals surface area (Å²) in [6.45, 7) is 0.520. The molecule has 0 spiro atoms. The van der Waals surface area contributed by atoms with Crippen molar-refractivity contribution in [1.29, 1.82) is 0 Å². The number of guanidine groups is 1. The van der Waals surface area contributed by atoms with Gasteiger partial charge in [-0.2, -0.15) is 0 Å². The van der Waals surface area contributed by atoms with E-state index in [1.807, 2.05) is 48.5 Å². The molecule has 3 rings (SSSR count). The SMILES string of the molecule is COc1cccc(NC(N)=NCc2ccc(OC3CCCCC3)cc2)c1.I. The first-order chi connectivity index (χ1) is 12.7. The largest absolute Gasteiger partial charge is 0.497 e. The van der Waals surface area contributed by atoms with Crippen molar-refractivity contribution in [2.45, 2.75) is 44.8 Å². The van der Waals surface area contributed by atoms with Crippen molar-refractivity contribution in [3.05, 3.63) is 54.1 Å². The van der Waals surface area contributed by atoms with Crippen molar-refractivity contribution in [1.82, 2.24) is 0 Å². The minimum atomic E-state index is 0. The van der Waals surface area contributed by atoms with Crippen LogP contribution in [0.1, 0.15) is 37.7 Å². The number of nitrogens with one attached hydrogen (secondary N) is 1. The fourth-order valence-corrected chi connectivity index (χ4v) is 3.11. The second-order valence-electron chi connectivity index (χ2n) is 6.58. The Morgan fingerprint density at radius 3 is 2.52 bits per heavy atom. The van der Waals surface area contributed by atoms with Gasteiger partial charge in [-0.25, -0.2) is 4.99 Å². The first kappa shape index (κ1) is 21.3. The van der Waals surface area contributed by atoms with E-state index in [-0.39, 0.29) is 24.0 Å². The minimum absolute atomic E-state index is 0. The summed E-state index contributed by atoms with van der Waals surface area (Å²) in [5.41, 5.74) is 7.91. The van der Waals surface area contributed by atoms with E-state index in [0.717, 1.165) is 22.7 Å². The van der Waals surface area contributed by atoms with Crippen LogP contribution in [0.3, 0.4) is 0 Å². The van der Waals surface area contributed by atoms with Crippen LogP contribution in [0.5, 0.6) is 11.5 Å². The molecule has 0 heterocycles. The van der Waals surface area contributed by atoms with Gasteiger partial charge in [-0.1, -0.05) is 24.6 Å². The van der Waals surface area contributed by atoms with Crippen LogP contribution in [0.15, 0.2) is 53.5 Å². The van der Waals surface area contributed by atoms with Gasteiger partial charge in [0.25, 0.3) is 0 Å². The van der Waals surface area contributed by atoms with Crippen LogP contribution in [0.2, 0.25) is 0 Å². The topological polar surface area (TPSA) is 68.9 Å². The predicted molar refractivity (Wildman–Crippen MR) is 121 cm³/mol. The van der Waals surface area contributed by atoms with Gasteiger partial charge < -0.3 is 20.5 Å². The third kappa shape index (κ3) is 6.93. The highest BCUT2D eigenvalue weighted by Crippen LogP contribution is 2.23. The summed E-state index contributed by atoms with van der Waals surface area (Å²) >= 11 is 0. The lowest BCUT2D eigenvalue weighted by Gasteiger charge is -2.23. The normalized spacial score (nSPS) is 14.9. The van der Waals surface area contributed by atoms with E-state index in [1.165, 1.54) is 32.1 Å². The van der Waals surface area contributed by atoms with Gasteiger partial charge in [0, 0.05) is 11.8 Å². The maximum Gasteiger partial charge on any atom is 0.193 e. The molecule has 3 N–H and O–H groups in total. The van der Waals surface area contributed by atoms with Gasteiger partial charge in [-0.3, -0.25) is 0 Å². The zero-order valence-corrected chi connectivity index (χ0v) is 18.0. The van der Waals surface area contributed by atoms with Gasteiger partial charge in [0.05, 0.1) is 19.8 Å². The molecule has 27 heavy (non-hydrogen) atoms. The second kappa shape index (κ2) is 11.0. The molecule has 0 radical (unpaired) electrons. The van der Waals surface area contributed by atoms with Crippen molar-refractivity contribution >= 4 is 35.6 Å². The minimum Gasteiger partial charge on any atom is -0.497 e. The van der Waals surface area contributed by atoms with E-state index in [9.17, 15) is 0 Å². The first-order valence-electron chi connectivity index (χ1n) is 9.19. The first-order valence-corrected chi connectivity index (χ1v) is 9.19. The molecule has 0 aliphatic heterocycles. The Hall–Kier alpha value is -1.96. The number of ether oxygens (including phenoxy) is 2. The van der Waals surface area contributed by atoms with Gasteiger partial charge >= 0.3 is 0 Å². The monoisotopic (exact) mass is 481 g/mol. The number of nitrogens with zero attached hydrogens (tertiary/aromatic N) is 1. The zero-order chi connectivity index (χ0) is 18.2. The number of rotatable bonds is 6. The van der Waals surface area contributed by atoms with E-state index in [2.05, 4.69) is 10.3 Å². The van der Waals surface area contributed by atoms with E-state index < -0.39 is 0 Å². The fraction of sp³-hybridized carbons (Fsp3) is 0.381. The number of aliphatic imine (C=N–C) groups is 1. The van der Waals surface area contributed by atoms with E-state index in [1.54, 1.807) is 7.11 Å². The van der Waals surface area contributed by atoms with Crippen molar-refractivity contribution < 1.29 is 9.47 Å². The average Bonchev–Trinajstić information content (AvgIpc) is 2.68. The number of hydrogen-bond donors (Lipinski definition) is 2. The Labute approximate surface area is 178 Å². The number of nitrogens with two attached hydrogens (primary N) is 1. The highest BCUT2D eigenvalue weighted by Gasteiger charge is 2.14. The standard InChI is InChI=1S/C21H27N3O2.HI/c1-25-20-9-5-6-17(14-20)24-21(22)23-15-16-10-12-19(13-11-16)26-18-7-3-2-4-8-18;/h5-6,9-14,18H,2-4,7-8,15H2,1H3,(H3,22,23,24);1H. The van der Waals surface area contributed by atoms with E-state index >= 15 is 0 Å². The fourth-order valence-electron chi connectivity index (χ4n) is 3.11. The molecule has 1 saturated carbocycles. The van der Waals surface area contributed by atoms with E-state index in [4.69, 9.17) is 15.2 Å². The summed E-state index contributed by atoms with van der Waals surface area (Å²) in [6, 6.07) is 15.7. The van der Waals surface area contributed by atoms with Gasteiger partial charge in [-0.05, 0) is 55.5 Å². The maximum absolute atomic E-state index is 6.05. The molecular formula is C21H28IN3O2. The molecule has 2 aromatic carbocycles. The van der Waals surface area contributed by atoms with Crippen LogP contribution >= 0.6 is 24.0 Å². The van der Waals surface area contributed by atoms with Crippen LogP contribution < -0.4 is 20.5 Å². The summed E-state index contributed by atoms with van der Waals surface area (Å²) in [7, 11) is 1.64. The van der Waals surface area contributed by atoms with Gasteiger partial charge in [-0.15, -0.1) is 24.0 Å². The molecule has 0 atom stereocenters. The molecule has 1 aliphatic rings. The number of methoxy groups -OCH3 is 1. The molecule has 6 heteroatoms. The van der Waals surface area contributed by atoms with Crippen LogP contribution in [-0.4, -0.2) is 19.2 Å². The smallest absolute Gasteiger partial charge is 0.193 e. The Morgan fingerprint density at radius 1 is 1.07 bits per heavy atom. The van der Waals surface area contributed by atoms with E-state index in [0.29, 0.717) is 18.6 Å². The summed E-state index contributed by atoms with van der Waals surface area (Å²) in [5, 5.41) is 3.08. The number of anilines is 1. The number of halogens is 1. The highest BCUT2D eigenvalue weighted by molar-refractivity contribution is 14.0. The molecule has 5 nitrogen and oxygen atoms in total. The summed E-state index contributed by atoms with van der Waals surface area (Å²) in [5.74, 6) is 2.09. The second-order valence-corrected chi connectivity index (χ2v) is 6.58. The lowest BCUT2D eigenvalue weighted by molar-refractivity contribution is 0.155. The number of benzene rings is 2. The third-order valence-corrected chi connectivity index (χ3v) is 4.55.